The van der Waals surface area contributed by atoms with Gasteiger partial charge in [-0.05, 0) is 111 Å². The van der Waals surface area contributed by atoms with E-state index in [9.17, 15) is 18.8 Å². The molecule has 0 saturated carbocycles. The number of hydrogen-bond acceptors (Lipinski definition) is 8. The van der Waals surface area contributed by atoms with Crippen molar-refractivity contribution >= 4 is 36.8 Å². The van der Waals surface area contributed by atoms with Crippen LogP contribution in [0.4, 0.5) is 14.0 Å². The standard InChI is InChI=1S/C36H47BFN3O7/c1-33(2,3)45-31(43)41(32(44)46-34(4,5)6)28-14-12-11-13-25(15-18-28)24-39-21-20-30(42)40-22-19-26-16-17-27(23-29(26)38)37-47-35(7,8)36(9,10)48-37/h12-13,15-23,39H,14,24H2,1-10H3,(H,40,42)/b21-20+,22-19+,25-15?,28-18?. The van der Waals surface area contributed by atoms with Crippen molar-refractivity contribution in [3.63, 3.8) is 0 Å². The van der Waals surface area contributed by atoms with E-state index in [2.05, 4.69) is 16.4 Å². The highest BCUT2D eigenvalue weighted by molar-refractivity contribution is 6.62. The zero-order valence-electron chi connectivity index (χ0n) is 29.5. The number of allylic oxidation sites excluding steroid dienone is 3. The number of imide groups is 1. The number of amides is 3. The molecule has 1 aromatic carbocycles. The third-order valence-corrected chi connectivity index (χ3v) is 7.32. The maximum atomic E-state index is 14.8. The number of nitrogens with one attached hydrogen (secondary N) is 2. The first-order chi connectivity index (χ1) is 22.2. The van der Waals surface area contributed by atoms with Gasteiger partial charge in [0.1, 0.15) is 17.0 Å². The predicted octanol–water partition coefficient (Wildman–Crippen LogP) is 6.41. The van der Waals surface area contributed by atoms with E-state index in [0.29, 0.717) is 17.7 Å². The molecular weight excluding hydrogens is 616 g/mol. The van der Waals surface area contributed by atoms with E-state index < -0.39 is 53.4 Å². The molecule has 0 aromatic heterocycles. The Morgan fingerprint density at radius 3 is 2.15 bits per heavy atom. The molecule has 3 rings (SSSR count). The van der Waals surface area contributed by atoms with Gasteiger partial charge in [0.25, 0.3) is 0 Å². The van der Waals surface area contributed by atoms with Gasteiger partial charge in [0, 0.05) is 42.7 Å². The summed E-state index contributed by atoms with van der Waals surface area (Å²) in [5.74, 6) is -0.903. The first-order valence-corrected chi connectivity index (χ1v) is 15.8. The Labute approximate surface area is 283 Å². The normalized spacial score (nSPS) is 17.4. The van der Waals surface area contributed by atoms with Crippen molar-refractivity contribution in [1.82, 2.24) is 15.5 Å². The van der Waals surface area contributed by atoms with Crippen LogP contribution in [0, 0.1) is 5.82 Å². The summed E-state index contributed by atoms with van der Waals surface area (Å²) in [7, 11) is -0.674. The van der Waals surface area contributed by atoms with Crippen LogP contribution in [0.25, 0.3) is 6.08 Å². The number of carbonyl (C=O) groups is 3. The molecule has 2 aliphatic rings. The fraction of sp³-hybridized carbons (Fsp3) is 0.444. The highest BCUT2D eigenvalue weighted by Gasteiger charge is 2.51. The van der Waals surface area contributed by atoms with Crippen molar-refractivity contribution in [2.45, 2.75) is 98.1 Å². The lowest BCUT2D eigenvalue weighted by atomic mass is 9.78. The number of benzene rings is 1. The van der Waals surface area contributed by atoms with Crippen molar-refractivity contribution in [3.05, 3.63) is 89.4 Å². The Bertz CT molecular complexity index is 1530. The predicted molar refractivity (Wildman–Crippen MR) is 184 cm³/mol. The monoisotopic (exact) mass is 663 g/mol. The van der Waals surface area contributed by atoms with Gasteiger partial charge in [0.15, 0.2) is 0 Å². The SMILES string of the molecule is CC(C)(C)OC(=O)N(C(=O)OC(C)(C)C)C1=CC=C(CN/C=C/C(=O)N/C=C/c2ccc(B3OC(C)(C)C(C)(C)O3)cc2F)C=C=CC1. The average Bonchev–Trinajstić information content (AvgIpc) is 3.14. The lowest BCUT2D eigenvalue weighted by Gasteiger charge is -2.32. The van der Waals surface area contributed by atoms with Crippen molar-refractivity contribution in [2.24, 2.45) is 0 Å². The highest BCUT2D eigenvalue weighted by Crippen LogP contribution is 2.36. The molecule has 48 heavy (non-hydrogen) atoms. The van der Waals surface area contributed by atoms with Crippen LogP contribution in [0.1, 0.15) is 81.2 Å². The van der Waals surface area contributed by atoms with E-state index in [1.165, 1.54) is 30.6 Å². The van der Waals surface area contributed by atoms with Gasteiger partial charge >= 0.3 is 19.3 Å². The molecule has 0 radical (unpaired) electrons. The molecule has 1 saturated heterocycles. The van der Waals surface area contributed by atoms with Crippen LogP contribution < -0.4 is 16.1 Å². The molecule has 0 bridgehead atoms. The van der Waals surface area contributed by atoms with Gasteiger partial charge in [0.2, 0.25) is 5.91 Å². The second-order valence-electron chi connectivity index (χ2n) is 14.3. The summed E-state index contributed by atoms with van der Waals surface area (Å²) in [5.41, 5.74) is 2.27. The molecule has 0 atom stereocenters. The van der Waals surface area contributed by atoms with Gasteiger partial charge in [-0.25, -0.2) is 14.0 Å². The lowest BCUT2D eigenvalue weighted by molar-refractivity contribution is -0.115. The van der Waals surface area contributed by atoms with Crippen LogP contribution in [0.5, 0.6) is 0 Å². The zero-order valence-corrected chi connectivity index (χ0v) is 29.5. The largest absolute Gasteiger partial charge is 0.494 e. The summed E-state index contributed by atoms with van der Waals surface area (Å²) < 4.78 is 37.7. The summed E-state index contributed by atoms with van der Waals surface area (Å²) in [6.07, 6.45) is 10.9. The maximum absolute atomic E-state index is 14.8. The van der Waals surface area contributed by atoms with Gasteiger partial charge in [-0.15, -0.1) is 5.73 Å². The fourth-order valence-corrected chi connectivity index (χ4v) is 4.23. The van der Waals surface area contributed by atoms with Gasteiger partial charge in [-0.1, -0.05) is 18.2 Å². The fourth-order valence-electron chi connectivity index (χ4n) is 4.23. The first kappa shape index (κ1) is 38.1. The third kappa shape index (κ3) is 11.1. The zero-order chi connectivity index (χ0) is 35.9. The molecule has 2 N–H and O–H groups in total. The molecule has 1 aromatic rings. The quantitative estimate of drug-likeness (QED) is 0.186. The van der Waals surface area contributed by atoms with Crippen LogP contribution in [0.3, 0.4) is 0 Å². The molecule has 258 valence electrons. The highest BCUT2D eigenvalue weighted by atomic mass is 19.1. The Hall–Kier alpha value is -4.38. The second kappa shape index (κ2) is 15.2. The minimum absolute atomic E-state index is 0.230. The molecule has 12 heteroatoms. The third-order valence-electron chi connectivity index (χ3n) is 7.32. The van der Waals surface area contributed by atoms with E-state index in [1.807, 2.05) is 27.7 Å². The van der Waals surface area contributed by atoms with Gasteiger partial charge < -0.3 is 29.4 Å². The van der Waals surface area contributed by atoms with Gasteiger partial charge in [-0.3, -0.25) is 4.79 Å². The summed E-state index contributed by atoms with van der Waals surface area (Å²) in [6.45, 7) is 18.3. The number of rotatable bonds is 8. The minimum atomic E-state index is -0.849. The maximum Gasteiger partial charge on any atom is 0.494 e. The van der Waals surface area contributed by atoms with E-state index in [1.54, 1.807) is 78.0 Å². The van der Waals surface area contributed by atoms with E-state index in [-0.39, 0.29) is 12.0 Å². The van der Waals surface area contributed by atoms with Gasteiger partial charge in [-0.2, -0.15) is 4.90 Å². The summed E-state index contributed by atoms with van der Waals surface area (Å²) >= 11 is 0. The van der Waals surface area contributed by atoms with E-state index >= 15 is 0 Å². The van der Waals surface area contributed by atoms with Crippen molar-refractivity contribution in [2.75, 3.05) is 6.54 Å². The molecule has 10 nitrogen and oxygen atoms in total. The second-order valence-corrected chi connectivity index (χ2v) is 14.3. The molecule has 1 aliphatic carbocycles. The summed E-state index contributed by atoms with van der Waals surface area (Å²) in [4.78, 5) is 39.2. The molecule has 1 heterocycles. The molecule has 1 aliphatic heterocycles. The molecular formula is C36H47BFN3O7. The Morgan fingerprint density at radius 1 is 0.979 bits per heavy atom. The molecule has 1 fully saturated rings. The Balaban J connectivity index is 1.59. The Morgan fingerprint density at radius 2 is 1.58 bits per heavy atom. The van der Waals surface area contributed by atoms with Gasteiger partial charge in [0.05, 0.1) is 11.2 Å². The van der Waals surface area contributed by atoms with Crippen LogP contribution in [0.2, 0.25) is 0 Å². The number of ether oxygens (including phenoxy) is 2. The van der Waals surface area contributed by atoms with Crippen LogP contribution >= 0.6 is 0 Å². The van der Waals surface area contributed by atoms with Crippen molar-refractivity contribution in [1.29, 1.82) is 0 Å². The Kier molecular flexibility index (Phi) is 12.1. The number of halogens is 1. The van der Waals surface area contributed by atoms with E-state index in [4.69, 9.17) is 18.8 Å². The topological polar surface area (TPSA) is 115 Å². The van der Waals surface area contributed by atoms with Crippen molar-refractivity contribution < 1.29 is 37.6 Å². The smallest absolute Gasteiger partial charge is 0.443 e. The number of nitrogens with zero attached hydrogens (tertiary/aromatic N) is 1. The van der Waals surface area contributed by atoms with Crippen molar-refractivity contribution in [3.8, 4) is 0 Å². The minimum Gasteiger partial charge on any atom is -0.443 e. The molecule has 0 spiro atoms. The van der Waals surface area contributed by atoms with E-state index in [0.717, 1.165) is 10.5 Å². The van der Waals surface area contributed by atoms with Crippen LogP contribution in [0.15, 0.2) is 78.0 Å². The average molecular weight is 664 g/mol. The number of carbonyl (C=O) groups excluding carboxylic acids is 3. The summed E-state index contributed by atoms with van der Waals surface area (Å²) in [6, 6.07) is 4.70. The summed E-state index contributed by atoms with van der Waals surface area (Å²) in [5, 5.41) is 5.59. The molecule has 0 unspecified atom stereocenters. The molecule has 3 amide bonds. The number of hydrogen-bond donors (Lipinski definition) is 2. The van der Waals surface area contributed by atoms with Crippen LogP contribution in [-0.2, 0) is 23.6 Å². The first-order valence-electron chi connectivity index (χ1n) is 15.8. The van der Waals surface area contributed by atoms with Crippen LogP contribution in [-0.4, -0.2) is 59.1 Å². The lowest BCUT2D eigenvalue weighted by Crippen LogP contribution is -2.43.